The molecule has 4 aromatic rings. The molecule has 9 heteroatoms. The topological polar surface area (TPSA) is 118 Å². The number of rotatable bonds is 7. The molecule has 0 saturated carbocycles. The number of ether oxygens (including phenoxy) is 2. The number of carbonyl (C=O) groups is 2. The summed E-state index contributed by atoms with van der Waals surface area (Å²) in [6.45, 7) is 5.30. The molecule has 2 aromatic heterocycles. The third kappa shape index (κ3) is 6.57. The summed E-state index contributed by atoms with van der Waals surface area (Å²) in [7, 11) is 0. The summed E-state index contributed by atoms with van der Waals surface area (Å²) in [5.41, 5.74) is 1.66. The van der Waals surface area contributed by atoms with E-state index in [0.717, 1.165) is 16.5 Å². The Labute approximate surface area is 202 Å². The minimum Gasteiger partial charge on any atom is -0.444 e. The van der Waals surface area contributed by atoms with Gasteiger partial charge in [-0.25, -0.2) is 9.78 Å². The lowest BCUT2D eigenvalue weighted by Crippen LogP contribution is -2.47. The van der Waals surface area contributed by atoms with E-state index in [9.17, 15) is 9.59 Å². The van der Waals surface area contributed by atoms with Crippen LogP contribution in [0.2, 0.25) is 0 Å². The van der Waals surface area contributed by atoms with Crippen molar-refractivity contribution in [3.8, 4) is 11.6 Å². The fourth-order valence-electron chi connectivity index (χ4n) is 3.51. The average Bonchev–Trinajstić information content (AvgIpc) is 3.21. The molecule has 1 atom stereocenters. The molecule has 0 unspecified atom stereocenters. The van der Waals surface area contributed by atoms with Crippen LogP contribution in [0, 0.1) is 0 Å². The summed E-state index contributed by atoms with van der Waals surface area (Å²) in [5.74, 6) is 0.425. The number of nitrogens with zero attached hydrogens (tertiary/aromatic N) is 2. The number of hydrogen-bond acceptors (Lipinski definition) is 6. The number of benzene rings is 2. The van der Waals surface area contributed by atoms with Crippen LogP contribution in [0.1, 0.15) is 26.3 Å². The van der Waals surface area contributed by atoms with E-state index in [1.807, 2.05) is 30.5 Å². The molecule has 0 aliphatic rings. The van der Waals surface area contributed by atoms with Crippen molar-refractivity contribution in [3.63, 3.8) is 0 Å². The number of H-pyrrole nitrogens is 1. The lowest BCUT2D eigenvalue weighted by Gasteiger charge is -2.23. The smallest absolute Gasteiger partial charge is 0.408 e. The quantitative estimate of drug-likeness (QED) is 0.354. The van der Waals surface area contributed by atoms with Crippen LogP contribution in [0.4, 0.5) is 10.5 Å². The molecule has 2 aromatic carbocycles. The number of para-hydroxylation sites is 1. The first-order valence-electron chi connectivity index (χ1n) is 11.2. The molecule has 0 saturated heterocycles. The van der Waals surface area contributed by atoms with E-state index in [0.29, 0.717) is 17.3 Å². The van der Waals surface area contributed by atoms with Crippen molar-refractivity contribution in [2.75, 3.05) is 5.32 Å². The van der Waals surface area contributed by atoms with Gasteiger partial charge in [0, 0.05) is 47.7 Å². The molecule has 2 heterocycles. The van der Waals surface area contributed by atoms with Crippen molar-refractivity contribution < 1.29 is 19.1 Å². The van der Waals surface area contributed by atoms with Crippen molar-refractivity contribution in [2.24, 2.45) is 0 Å². The number of hydrogen-bond donors (Lipinski definition) is 3. The van der Waals surface area contributed by atoms with Gasteiger partial charge in [-0.2, -0.15) is 0 Å². The van der Waals surface area contributed by atoms with Gasteiger partial charge in [0.05, 0.1) is 6.20 Å². The van der Waals surface area contributed by atoms with E-state index in [4.69, 9.17) is 9.47 Å². The van der Waals surface area contributed by atoms with Gasteiger partial charge in [0.1, 0.15) is 17.4 Å². The number of carbonyl (C=O) groups excluding carboxylic acids is 2. The molecule has 9 nitrogen and oxygen atoms in total. The highest BCUT2D eigenvalue weighted by Crippen LogP contribution is 2.23. The predicted octanol–water partition coefficient (Wildman–Crippen LogP) is 4.82. The van der Waals surface area contributed by atoms with Crippen LogP contribution in [0.5, 0.6) is 11.6 Å². The Morgan fingerprint density at radius 1 is 1.09 bits per heavy atom. The Kier molecular flexibility index (Phi) is 6.96. The van der Waals surface area contributed by atoms with Gasteiger partial charge in [0.2, 0.25) is 11.8 Å². The molecule has 180 valence electrons. The van der Waals surface area contributed by atoms with Crippen LogP contribution in [-0.2, 0) is 16.0 Å². The molecule has 0 aliphatic heterocycles. The Balaban J connectivity index is 1.52. The summed E-state index contributed by atoms with van der Waals surface area (Å²) < 4.78 is 11.1. The van der Waals surface area contributed by atoms with Crippen molar-refractivity contribution in [1.82, 2.24) is 20.3 Å². The third-order valence-corrected chi connectivity index (χ3v) is 4.97. The minimum atomic E-state index is -0.881. The summed E-state index contributed by atoms with van der Waals surface area (Å²) in [4.78, 5) is 37.1. The fraction of sp³-hybridized carbons (Fsp3) is 0.231. The Morgan fingerprint density at radius 3 is 2.69 bits per heavy atom. The lowest BCUT2D eigenvalue weighted by molar-refractivity contribution is -0.118. The van der Waals surface area contributed by atoms with E-state index >= 15 is 0 Å². The molecule has 0 bridgehead atoms. The van der Waals surface area contributed by atoms with E-state index in [2.05, 4.69) is 25.6 Å². The van der Waals surface area contributed by atoms with Gasteiger partial charge < -0.3 is 25.1 Å². The second-order valence-corrected chi connectivity index (χ2v) is 8.93. The maximum atomic E-state index is 13.3. The number of alkyl carbamates (subject to hydrolysis) is 1. The number of nitrogens with one attached hydrogen (secondary N) is 3. The molecule has 3 N–H and O–H groups in total. The van der Waals surface area contributed by atoms with Gasteiger partial charge >= 0.3 is 6.09 Å². The van der Waals surface area contributed by atoms with Gasteiger partial charge in [0.25, 0.3) is 0 Å². The SMILES string of the molecule is CC(C)(C)OC(=O)N[C@@H](Cc1c[nH]c2ccccc12)C(=O)Nc1cccc(Oc2cnccn2)c1. The summed E-state index contributed by atoms with van der Waals surface area (Å²) >= 11 is 0. The Hall–Kier alpha value is -4.40. The third-order valence-electron chi connectivity index (χ3n) is 4.97. The van der Waals surface area contributed by atoms with Gasteiger partial charge in [-0.3, -0.25) is 9.78 Å². The molecule has 0 fully saturated rings. The van der Waals surface area contributed by atoms with Crippen LogP contribution < -0.4 is 15.4 Å². The largest absolute Gasteiger partial charge is 0.444 e. The predicted molar refractivity (Wildman–Crippen MR) is 132 cm³/mol. The first kappa shape index (κ1) is 23.7. The summed E-state index contributed by atoms with van der Waals surface area (Å²) in [5, 5.41) is 6.56. The van der Waals surface area contributed by atoms with Crippen LogP contribution in [0.25, 0.3) is 10.9 Å². The molecular formula is C26H27N5O4. The van der Waals surface area contributed by atoms with E-state index in [1.54, 1.807) is 51.2 Å². The lowest BCUT2D eigenvalue weighted by atomic mass is 10.0. The zero-order valence-corrected chi connectivity index (χ0v) is 19.7. The second-order valence-electron chi connectivity index (χ2n) is 8.93. The normalized spacial score (nSPS) is 12.1. The highest BCUT2D eigenvalue weighted by molar-refractivity contribution is 5.97. The molecule has 0 radical (unpaired) electrons. The van der Waals surface area contributed by atoms with Gasteiger partial charge in [-0.15, -0.1) is 0 Å². The molecule has 2 amide bonds. The molecule has 4 rings (SSSR count). The van der Waals surface area contributed by atoms with Crippen LogP contribution in [0.15, 0.2) is 73.3 Å². The van der Waals surface area contributed by atoms with E-state index < -0.39 is 23.6 Å². The van der Waals surface area contributed by atoms with E-state index in [-0.39, 0.29) is 6.42 Å². The molecular weight excluding hydrogens is 446 g/mol. The first-order valence-corrected chi connectivity index (χ1v) is 11.2. The highest BCUT2D eigenvalue weighted by Gasteiger charge is 2.26. The summed E-state index contributed by atoms with van der Waals surface area (Å²) in [6, 6.07) is 13.8. The second kappa shape index (κ2) is 10.3. The number of aromatic nitrogens is 3. The molecule has 0 spiro atoms. The average molecular weight is 474 g/mol. The number of anilines is 1. The zero-order chi connectivity index (χ0) is 24.8. The standard InChI is InChI=1S/C26H27N5O4/c1-26(2,3)35-25(33)31-22(13-17-15-29-21-10-5-4-9-20(17)21)24(32)30-18-7-6-8-19(14-18)34-23-16-27-11-12-28-23/h4-12,14-16,22,29H,13H2,1-3H3,(H,30,32)(H,31,33)/t22-/m0/s1. The highest BCUT2D eigenvalue weighted by atomic mass is 16.6. The number of amides is 2. The minimum absolute atomic E-state index is 0.269. The van der Waals surface area contributed by atoms with Gasteiger partial charge in [-0.1, -0.05) is 24.3 Å². The van der Waals surface area contributed by atoms with Crippen LogP contribution in [-0.4, -0.2) is 38.6 Å². The fourth-order valence-corrected chi connectivity index (χ4v) is 3.51. The number of aromatic amines is 1. The number of fused-ring (bicyclic) bond motifs is 1. The van der Waals surface area contributed by atoms with E-state index in [1.165, 1.54) is 12.4 Å². The maximum absolute atomic E-state index is 13.3. The molecule has 0 aliphatic carbocycles. The van der Waals surface area contributed by atoms with Gasteiger partial charge in [0.15, 0.2) is 0 Å². The maximum Gasteiger partial charge on any atom is 0.408 e. The first-order chi connectivity index (χ1) is 16.8. The van der Waals surface area contributed by atoms with Crippen molar-refractivity contribution in [1.29, 1.82) is 0 Å². The Morgan fingerprint density at radius 2 is 1.91 bits per heavy atom. The van der Waals surface area contributed by atoms with Crippen molar-refractivity contribution in [2.45, 2.75) is 38.8 Å². The molecule has 35 heavy (non-hydrogen) atoms. The zero-order valence-electron chi connectivity index (χ0n) is 19.7. The van der Waals surface area contributed by atoms with Crippen LogP contribution in [0.3, 0.4) is 0 Å². The van der Waals surface area contributed by atoms with Crippen molar-refractivity contribution >= 4 is 28.6 Å². The van der Waals surface area contributed by atoms with Crippen LogP contribution >= 0.6 is 0 Å². The van der Waals surface area contributed by atoms with Gasteiger partial charge in [-0.05, 0) is 44.5 Å². The summed E-state index contributed by atoms with van der Waals surface area (Å²) in [6.07, 6.45) is 6.01. The monoisotopic (exact) mass is 473 g/mol. The van der Waals surface area contributed by atoms with Crippen molar-refractivity contribution in [3.05, 3.63) is 78.9 Å². The Bertz CT molecular complexity index is 1310.